The molecule has 130 valence electrons. The zero-order chi connectivity index (χ0) is 18.2. The van der Waals surface area contributed by atoms with Crippen LogP contribution >= 0.6 is 0 Å². The highest BCUT2D eigenvalue weighted by molar-refractivity contribution is 5.97. The second-order valence-electron chi connectivity index (χ2n) is 5.69. The van der Waals surface area contributed by atoms with Gasteiger partial charge in [-0.25, -0.2) is 0 Å². The fraction of sp³-hybridized carbons (Fsp3) is 0.211. The first-order valence-corrected chi connectivity index (χ1v) is 7.89. The van der Waals surface area contributed by atoms with Gasteiger partial charge in [-0.15, -0.1) is 0 Å². The van der Waals surface area contributed by atoms with Gasteiger partial charge in [-0.2, -0.15) is 0 Å². The van der Waals surface area contributed by atoms with Crippen molar-refractivity contribution in [3.63, 3.8) is 0 Å². The van der Waals surface area contributed by atoms with E-state index in [1.165, 1.54) is 17.7 Å². The number of aryl methyl sites for hydroxylation is 2. The summed E-state index contributed by atoms with van der Waals surface area (Å²) in [4.78, 5) is 34.1. The second kappa shape index (κ2) is 8.63. The number of hydrogen-bond acceptors (Lipinski definition) is 3. The maximum absolute atomic E-state index is 12.0. The molecule has 0 saturated carbocycles. The SMILES string of the molecule is Cc1ccc(CCC(=O)Nc2ccc(C(=O)NCC(=O)O)cc2)cc1. The Morgan fingerprint density at radius 3 is 2.20 bits per heavy atom. The van der Waals surface area contributed by atoms with E-state index in [1.54, 1.807) is 12.1 Å². The number of carboxylic acid groups (broad SMARTS) is 1. The van der Waals surface area contributed by atoms with E-state index in [-0.39, 0.29) is 5.91 Å². The minimum atomic E-state index is -1.11. The Morgan fingerprint density at radius 2 is 1.60 bits per heavy atom. The Hall–Kier alpha value is -3.15. The third-order valence-electron chi connectivity index (χ3n) is 3.59. The van der Waals surface area contributed by atoms with Crippen molar-refractivity contribution in [2.24, 2.45) is 0 Å². The maximum Gasteiger partial charge on any atom is 0.322 e. The van der Waals surface area contributed by atoms with E-state index in [9.17, 15) is 14.4 Å². The lowest BCUT2D eigenvalue weighted by Gasteiger charge is -2.07. The standard InChI is InChI=1S/C19H20N2O4/c1-13-2-4-14(5-3-13)6-11-17(22)21-16-9-7-15(8-10-16)19(25)20-12-18(23)24/h2-5,7-10H,6,11-12H2,1H3,(H,20,25)(H,21,22)(H,23,24). The normalized spacial score (nSPS) is 10.1. The molecular formula is C19H20N2O4. The quantitative estimate of drug-likeness (QED) is 0.721. The molecule has 0 aromatic heterocycles. The second-order valence-corrected chi connectivity index (χ2v) is 5.69. The number of anilines is 1. The van der Waals surface area contributed by atoms with Crippen molar-refractivity contribution in [2.75, 3.05) is 11.9 Å². The topological polar surface area (TPSA) is 95.5 Å². The Morgan fingerprint density at radius 1 is 0.960 bits per heavy atom. The van der Waals surface area contributed by atoms with E-state index in [0.717, 1.165) is 5.56 Å². The van der Waals surface area contributed by atoms with Crippen molar-refractivity contribution in [3.05, 3.63) is 65.2 Å². The van der Waals surface area contributed by atoms with Gasteiger partial charge in [0.05, 0.1) is 0 Å². The molecule has 3 N–H and O–H groups in total. The molecule has 0 aliphatic carbocycles. The average Bonchev–Trinajstić information content (AvgIpc) is 2.60. The summed E-state index contributed by atoms with van der Waals surface area (Å²) >= 11 is 0. The Labute approximate surface area is 145 Å². The van der Waals surface area contributed by atoms with Crippen molar-refractivity contribution in [1.29, 1.82) is 0 Å². The van der Waals surface area contributed by atoms with E-state index in [2.05, 4.69) is 10.6 Å². The van der Waals surface area contributed by atoms with Crippen molar-refractivity contribution in [1.82, 2.24) is 5.32 Å². The molecule has 2 rings (SSSR count). The third-order valence-corrected chi connectivity index (χ3v) is 3.59. The minimum absolute atomic E-state index is 0.108. The lowest BCUT2D eigenvalue weighted by atomic mass is 10.1. The number of carboxylic acids is 1. The monoisotopic (exact) mass is 340 g/mol. The average molecular weight is 340 g/mol. The van der Waals surface area contributed by atoms with Crippen LogP contribution in [0.3, 0.4) is 0 Å². The van der Waals surface area contributed by atoms with E-state index in [0.29, 0.717) is 24.1 Å². The highest BCUT2D eigenvalue weighted by Gasteiger charge is 2.08. The molecule has 0 bridgehead atoms. The summed E-state index contributed by atoms with van der Waals surface area (Å²) in [5.74, 6) is -1.69. The van der Waals surface area contributed by atoms with Crippen molar-refractivity contribution < 1.29 is 19.5 Å². The van der Waals surface area contributed by atoms with Gasteiger partial charge in [-0.1, -0.05) is 29.8 Å². The molecule has 2 aromatic rings. The number of carbonyl (C=O) groups is 3. The van der Waals surface area contributed by atoms with Gasteiger partial charge in [0, 0.05) is 17.7 Å². The van der Waals surface area contributed by atoms with Gasteiger partial charge in [0.25, 0.3) is 5.91 Å². The number of nitrogens with one attached hydrogen (secondary N) is 2. The van der Waals surface area contributed by atoms with E-state index in [1.807, 2.05) is 31.2 Å². The molecule has 0 saturated heterocycles. The molecule has 0 radical (unpaired) electrons. The van der Waals surface area contributed by atoms with Gasteiger partial charge in [0.2, 0.25) is 5.91 Å². The van der Waals surface area contributed by atoms with Gasteiger partial charge in [-0.05, 0) is 43.2 Å². The summed E-state index contributed by atoms with van der Waals surface area (Å²) < 4.78 is 0. The predicted molar refractivity (Wildman–Crippen MR) is 94.5 cm³/mol. The fourth-order valence-electron chi connectivity index (χ4n) is 2.20. The summed E-state index contributed by atoms with van der Waals surface area (Å²) in [6, 6.07) is 14.3. The number of benzene rings is 2. The Balaban J connectivity index is 1.83. The summed E-state index contributed by atoms with van der Waals surface area (Å²) in [6.45, 7) is 1.58. The van der Waals surface area contributed by atoms with Gasteiger partial charge in [-0.3, -0.25) is 14.4 Å². The fourth-order valence-corrected chi connectivity index (χ4v) is 2.20. The molecule has 0 aliphatic heterocycles. The van der Waals surface area contributed by atoms with Crippen LogP contribution in [0.1, 0.15) is 27.9 Å². The van der Waals surface area contributed by atoms with Gasteiger partial charge < -0.3 is 15.7 Å². The molecule has 0 fully saturated rings. The van der Waals surface area contributed by atoms with Gasteiger partial charge in [0.15, 0.2) is 0 Å². The summed E-state index contributed by atoms with van der Waals surface area (Å²) in [7, 11) is 0. The van der Waals surface area contributed by atoms with Crippen LogP contribution in [0.15, 0.2) is 48.5 Å². The number of rotatable bonds is 7. The van der Waals surface area contributed by atoms with Crippen LogP contribution in [0.4, 0.5) is 5.69 Å². The number of aliphatic carboxylic acids is 1. The molecule has 0 spiro atoms. The predicted octanol–water partition coefficient (Wildman–Crippen LogP) is 2.38. The first-order valence-electron chi connectivity index (χ1n) is 7.89. The molecule has 0 atom stereocenters. The maximum atomic E-state index is 12.0. The molecule has 2 aromatic carbocycles. The Bertz CT molecular complexity index is 752. The number of carbonyl (C=O) groups excluding carboxylic acids is 2. The van der Waals surface area contributed by atoms with E-state index in [4.69, 9.17) is 5.11 Å². The Kier molecular flexibility index (Phi) is 6.28. The summed E-state index contributed by atoms with van der Waals surface area (Å²) in [5, 5.41) is 13.6. The van der Waals surface area contributed by atoms with Crippen LogP contribution in [0.2, 0.25) is 0 Å². The summed E-state index contributed by atoms with van der Waals surface area (Å²) in [6.07, 6.45) is 1.02. The lowest BCUT2D eigenvalue weighted by Crippen LogP contribution is -2.29. The lowest BCUT2D eigenvalue weighted by molar-refractivity contribution is -0.135. The van der Waals surface area contributed by atoms with Crippen molar-refractivity contribution in [2.45, 2.75) is 19.8 Å². The van der Waals surface area contributed by atoms with Crippen LogP contribution in [0.5, 0.6) is 0 Å². The molecular weight excluding hydrogens is 320 g/mol. The first kappa shape index (κ1) is 18.2. The molecule has 0 aliphatic rings. The molecule has 25 heavy (non-hydrogen) atoms. The smallest absolute Gasteiger partial charge is 0.322 e. The van der Waals surface area contributed by atoms with Crippen molar-refractivity contribution in [3.8, 4) is 0 Å². The highest BCUT2D eigenvalue weighted by Crippen LogP contribution is 2.11. The van der Waals surface area contributed by atoms with Gasteiger partial charge in [0.1, 0.15) is 6.54 Å². The van der Waals surface area contributed by atoms with E-state index < -0.39 is 18.4 Å². The van der Waals surface area contributed by atoms with Gasteiger partial charge >= 0.3 is 5.97 Å². The highest BCUT2D eigenvalue weighted by atomic mass is 16.4. The van der Waals surface area contributed by atoms with Crippen molar-refractivity contribution >= 4 is 23.5 Å². The number of hydrogen-bond donors (Lipinski definition) is 3. The zero-order valence-electron chi connectivity index (χ0n) is 13.9. The van der Waals surface area contributed by atoms with Crippen LogP contribution in [-0.4, -0.2) is 29.4 Å². The molecule has 0 heterocycles. The molecule has 6 heteroatoms. The van der Waals surface area contributed by atoms with Crippen LogP contribution in [0.25, 0.3) is 0 Å². The van der Waals surface area contributed by atoms with Crippen LogP contribution in [0, 0.1) is 6.92 Å². The first-order chi connectivity index (χ1) is 11.9. The van der Waals surface area contributed by atoms with Crippen LogP contribution in [-0.2, 0) is 16.0 Å². The number of amides is 2. The van der Waals surface area contributed by atoms with E-state index >= 15 is 0 Å². The summed E-state index contributed by atoms with van der Waals surface area (Å²) in [5.41, 5.74) is 3.20. The molecule has 0 unspecified atom stereocenters. The molecule has 2 amide bonds. The largest absolute Gasteiger partial charge is 0.480 e. The zero-order valence-corrected chi connectivity index (χ0v) is 13.9. The third kappa shape index (κ3) is 6.10. The minimum Gasteiger partial charge on any atom is -0.480 e. The molecule has 6 nitrogen and oxygen atoms in total. The van der Waals surface area contributed by atoms with Crippen LogP contribution < -0.4 is 10.6 Å².